The molecule has 3 rings (SSSR count). The Hall–Kier alpha value is -1.90. The molecule has 2 aromatic rings. The third-order valence-corrected chi connectivity index (χ3v) is 5.03. The van der Waals surface area contributed by atoms with E-state index in [2.05, 4.69) is 10.3 Å². The van der Waals surface area contributed by atoms with Crippen LogP contribution in [0.1, 0.15) is 5.56 Å². The second-order valence-corrected chi connectivity index (χ2v) is 7.29. The van der Waals surface area contributed by atoms with Crippen molar-refractivity contribution in [3.05, 3.63) is 51.2 Å². The standard InChI is InChI=1S/C17H14Cl3F3N4O/c18-10-1-2-14(11(7-10)17(21,22)23)25-16(28)27-5-3-26(4-6-27)15-12(19)8-24-9-13(15)20/h1-2,7-9H,3-6H2,(H,25,28). The zero-order valence-electron chi connectivity index (χ0n) is 14.2. The van der Waals surface area contributed by atoms with Crippen LogP contribution in [0.3, 0.4) is 0 Å². The molecule has 0 bridgehead atoms. The maximum absolute atomic E-state index is 13.2. The number of benzene rings is 1. The van der Waals surface area contributed by atoms with Crippen molar-refractivity contribution in [2.75, 3.05) is 36.4 Å². The van der Waals surface area contributed by atoms with E-state index in [1.54, 1.807) is 0 Å². The van der Waals surface area contributed by atoms with E-state index in [1.807, 2.05) is 4.90 Å². The number of nitrogens with one attached hydrogen (secondary N) is 1. The molecule has 2 heterocycles. The van der Waals surface area contributed by atoms with E-state index in [0.717, 1.165) is 12.1 Å². The lowest BCUT2D eigenvalue weighted by Gasteiger charge is -2.36. The fourth-order valence-corrected chi connectivity index (χ4v) is 3.67. The van der Waals surface area contributed by atoms with E-state index in [-0.39, 0.29) is 23.8 Å². The van der Waals surface area contributed by atoms with Crippen molar-refractivity contribution in [3.8, 4) is 0 Å². The van der Waals surface area contributed by atoms with Gasteiger partial charge in [0.05, 0.1) is 27.0 Å². The van der Waals surface area contributed by atoms with Gasteiger partial charge in [-0.05, 0) is 18.2 Å². The van der Waals surface area contributed by atoms with Gasteiger partial charge in [0, 0.05) is 43.6 Å². The van der Waals surface area contributed by atoms with Gasteiger partial charge in [-0.2, -0.15) is 13.2 Å². The summed E-state index contributed by atoms with van der Waals surface area (Å²) in [4.78, 5) is 19.7. The number of amides is 2. The van der Waals surface area contributed by atoms with Gasteiger partial charge in [0.25, 0.3) is 0 Å². The number of hydrogen-bond donors (Lipinski definition) is 1. The minimum absolute atomic E-state index is 0.0648. The maximum atomic E-state index is 13.2. The molecule has 1 saturated heterocycles. The summed E-state index contributed by atoms with van der Waals surface area (Å²) in [6.07, 6.45) is -1.69. The Bertz CT molecular complexity index is 866. The number of carbonyl (C=O) groups is 1. The first kappa shape index (κ1) is 20.8. The molecule has 1 aliphatic heterocycles. The van der Waals surface area contributed by atoms with Crippen molar-refractivity contribution in [2.24, 2.45) is 0 Å². The molecule has 5 nitrogen and oxygen atoms in total. The van der Waals surface area contributed by atoms with Crippen molar-refractivity contribution in [1.82, 2.24) is 9.88 Å². The van der Waals surface area contributed by atoms with Crippen LogP contribution in [0.2, 0.25) is 15.1 Å². The minimum Gasteiger partial charge on any atom is -0.365 e. The highest BCUT2D eigenvalue weighted by molar-refractivity contribution is 6.38. The van der Waals surface area contributed by atoms with Crippen molar-refractivity contribution < 1.29 is 18.0 Å². The number of urea groups is 1. The number of piperazine rings is 1. The van der Waals surface area contributed by atoms with Crippen LogP contribution in [-0.4, -0.2) is 42.1 Å². The van der Waals surface area contributed by atoms with Crippen LogP contribution >= 0.6 is 34.8 Å². The Morgan fingerprint density at radius 3 is 2.21 bits per heavy atom. The summed E-state index contributed by atoms with van der Waals surface area (Å²) < 4.78 is 39.5. The minimum atomic E-state index is -4.64. The lowest BCUT2D eigenvalue weighted by Crippen LogP contribution is -2.50. The van der Waals surface area contributed by atoms with Crippen molar-refractivity contribution in [2.45, 2.75) is 6.18 Å². The molecule has 0 saturated carbocycles. The Balaban J connectivity index is 1.68. The van der Waals surface area contributed by atoms with Crippen LogP contribution in [0, 0.1) is 0 Å². The molecule has 0 spiro atoms. The van der Waals surface area contributed by atoms with E-state index in [9.17, 15) is 18.0 Å². The molecule has 0 aliphatic carbocycles. The number of alkyl halides is 3. The number of aromatic nitrogens is 1. The molecule has 1 aliphatic rings. The highest BCUT2D eigenvalue weighted by Gasteiger charge is 2.35. The summed E-state index contributed by atoms with van der Waals surface area (Å²) in [6, 6.07) is 2.58. The van der Waals surface area contributed by atoms with Gasteiger partial charge in [-0.15, -0.1) is 0 Å². The average molecular weight is 454 g/mol. The third-order valence-electron chi connectivity index (χ3n) is 4.24. The average Bonchev–Trinajstić information content (AvgIpc) is 2.62. The second kappa shape index (κ2) is 8.23. The first-order valence-electron chi connectivity index (χ1n) is 8.13. The van der Waals surface area contributed by atoms with Gasteiger partial charge < -0.3 is 15.1 Å². The van der Waals surface area contributed by atoms with Gasteiger partial charge in [-0.3, -0.25) is 4.98 Å². The van der Waals surface area contributed by atoms with E-state index in [4.69, 9.17) is 34.8 Å². The molecular weight excluding hydrogens is 440 g/mol. The number of anilines is 2. The Kier molecular flexibility index (Phi) is 6.12. The summed E-state index contributed by atoms with van der Waals surface area (Å²) in [5.41, 5.74) is -0.720. The summed E-state index contributed by atoms with van der Waals surface area (Å²) >= 11 is 17.9. The highest BCUT2D eigenvalue weighted by Crippen LogP contribution is 2.37. The third kappa shape index (κ3) is 4.56. The predicted octanol–water partition coefficient (Wildman–Crippen LogP) is 5.41. The zero-order valence-corrected chi connectivity index (χ0v) is 16.5. The SMILES string of the molecule is O=C(Nc1ccc(Cl)cc1C(F)(F)F)N1CCN(c2c(Cl)cncc2Cl)CC1. The number of carbonyl (C=O) groups excluding carboxylic acids is 1. The molecule has 0 atom stereocenters. The number of rotatable bonds is 2. The fourth-order valence-electron chi connectivity index (χ4n) is 2.89. The molecule has 0 radical (unpaired) electrons. The van der Waals surface area contributed by atoms with Gasteiger partial charge in [0.2, 0.25) is 0 Å². The van der Waals surface area contributed by atoms with E-state index in [1.165, 1.54) is 23.4 Å². The lowest BCUT2D eigenvalue weighted by molar-refractivity contribution is -0.136. The largest absolute Gasteiger partial charge is 0.418 e. The van der Waals surface area contributed by atoms with Crippen LogP contribution in [0.5, 0.6) is 0 Å². The molecule has 1 fully saturated rings. The molecule has 0 unspecified atom stereocenters. The normalized spacial score (nSPS) is 14.9. The lowest BCUT2D eigenvalue weighted by atomic mass is 10.1. The highest BCUT2D eigenvalue weighted by atomic mass is 35.5. The number of pyridine rings is 1. The molecule has 11 heteroatoms. The molecule has 1 aromatic heterocycles. The second-order valence-electron chi connectivity index (χ2n) is 6.04. The van der Waals surface area contributed by atoms with Crippen LogP contribution in [0.15, 0.2) is 30.6 Å². The van der Waals surface area contributed by atoms with Gasteiger partial charge in [-0.25, -0.2) is 4.79 Å². The van der Waals surface area contributed by atoms with Crippen LogP contribution in [-0.2, 0) is 6.18 Å². The fraction of sp³-hybridized carbons (Fsp3) is 0.294. The molecule has 150 valence electrons. The molecule has 1 aromatic carbocycles. The summed E-state index contributed by atoms with van der Waals surface area (Å²) in [5, 5.41) is 3.03. The molecular formula is C17H14Cl3F3N4O. The summed E-state index contributed by atoms with van der Waals surface area (Å²) in [7, 11) is 0. The van der Waals surface area contributed by atoms with Gasteiger partial charge >= 0.3 is 12.2 Å². The number of nitrogens with zero attached hydrogens (tertiary/aromatic N) is 3. The monoisotopic (exact) mass is 452 g/mol. The Labute approximate surface area is 174 Å². The number of halogens is 6. The van der Waals surface area contributed by atoms with E-state index >= 15 is 0 Å². The van der Waals surface area contributed by atoms with Crippen molar-refractivity contribution >= 4 is 52.2 Å². The Morgan fingerprint density at radius 1 is 1.04 bits per heavy atom. The van der Waals surface area contributed by atoms with Crippen LogP contribution in [0.25, 0.3) is 0 Å². The first-order chi connectivity index (χ1) is 13.2. The maximum Gasteiger partial charge on any atom is 0.418 e. The topological polar surface area (TPSA) is 48.5 Å². The smallest absolute Gasteiger partial charge is 0.365 e. The van der Waals surface area contributed by atoms with Gasteiger partial charge in [0.15, 0.2) is 0 Å². The van der Waals surface area contributed by atoms with Gasteiger partial charge in [0.1, 0.15) is 0 Å². The molecule has 2 amide bonds. The Morgan fingerprint density at radius 2 is 1.64 bits per heavy atom. The van der Waals surface area contributed by atoms with E-state index < -0.39 is 17.8 Å². The van der Waals surface area contributed by atoms with E-state index in [0.29, 0.717) is 28.8 Å². The molecule has 1 N–H and O–H groups in total. The van der Waals surface area contributed by atoms with Crippen LogP contribution < -0.4 is 10.2 Å². The quantitative estimate of drug-likeness (QED) is 0.661. The van der Waals surface area contributed by atoms with Gasteiger partial charge in [-0.1, -0.05) is 34.8 Å². The van der Waals surface area contributed by atoms with Crippen LogP contribution in [0.4, 0.5) is 29.3 Å². The summed E-state index contributed by atoms with van der Waals surface area (Å²) in [6.45, 7) is 1.42. The molecule has 28 heavy (non-hydrogen) atoms. The first-order valence-corrected chi connectivity index (χ1v) is 9.27. The number of hydrogen-bond acceptors (Lipinski definition) is 3. The zero-order chi connectivity index (χ0) is 20.5. The van der Waals surface area contributed by atoms with Crippen molar-refractivity contribution in [1.29, 1.82) is 0 Å². The van der Waals surface area contributed by atoms with Crippen molar-refractivity contribution in [3.63, 3.8) is 0 Å². The predicted molar refractivity (Wildman–Crippen MR) is 104 cm³/mol. The summed E-state index contributed by atoms with van der Waals surface area (Å²) in [5.74, 6) is 0.